The van der Waals surface area contributed by atoms with E-state index in [1.54, 1.807) is 36.1 Å². The summed E-state index contributed by atoms with van der Waals surface area (Å²) in [4.78, 5) is 10.6. The molecule has 72 valence electrons. The standard InChI is InChI=1S/C9H8FN3O/c1-12-9(13-4-2-3-5-13)7(6-11-12)8(10)14/h2-6H,1H3. The number of halogens is 1. The second-order valence-electron chi connectivity index (χ2n) is 2.87. The molecule has 0 aliphatic rings. The third kappa shape index (κ3) is 1.22. The summed E-state index contributed by atoms with van der Waals surface area (Å²) < 4.78 is 15.7. The Morgan fingerprint density at radius 2 is 2.07 bits per heavy atom. The van der Waals surface area contributed by atoms with Gasteiger partial charge in [-0.2, -0.15) is 9.49 Å². The molecule has 4 nitrogen and oxygen atoms in total. The van der Waals surface area contributed by atoms with Crippen molar-refractivity contribution in [3.8, 4) is 5.82 Å². The normalized spacial score (nSPS) is 10.4. The molecule has 0 aliphatic heterocycles. The lowest BCUT2D eigenvalue weighted by molar-refractivity contribution is 0.0836. The van der Waals surface area contributed by atoms with Crippen LogP contribution in [0.1, 0.15) is 10.4 Å². The van der Waals surface area contributed by atoms with Gasteiger partial charge in [-0.1, -0.05) is 0 Å². The molecule has 0 N–H and O–H groups in total. The number of hydrogen-bond donors (Lipinski definition) is 0. The van der Waals surface area contributed by atoms with Crippen LogP contribution in [0.3, 0.4) is 0 Å². The number of aromatic nitrogens is 3. The third-order valence-electron chi connectivity index (χ3n) is 1.97. The zero-order chi connectivity index (χ0) is 10.1. The van der Waals surface area contributed by atoms with Crippen molar-refractivity contribution >= 4 is 6.04 Å². The van der Waals surface area contributed by atoms with Gasteiger partial charge >= 0.3 is 6.04 Å². The van der Waals surface area contributed by atoms with Crippen LogP contribution in [0.25, 0.3) is 5.82 Å². The number of carbonyl (C=O) groups is 1. The molecular weight excluding hydrogens is 185 g/mol. The Hall–Kier alpha value is -1.91. The molecule has 2 aromatic heterocycles. The Bertz CT molecular complexity index is 458. The van der Waals surface area contributed by atoms with E-state index in [4.69, 9.17) is 0 Å². The molecule has 0 fully saturated rings. The molecule has 0 atom stereocenters. The van der Waals surface area contributed by atoms with E-state index in [2.05, 4.69) is 5.10 Å². The SMILES string of the molecule is Cn1ncc(C(=O)F)c1-n1cccc1. The molecule has 5 heteroatoms. The molecule has 0 aliphatic carbocycles. The first-order chi connectivity index (χ1) is 6.70. The van der Waals surface area contributed by atoms with Gasteiger partial charge in [0, 0.05) is 19.4 Å². The number of hydrogen-bond acceptors (Lipinski definition) is 2. The van der Waals surface area contributed by atoms with Gasteiger partial charge in [-0.15, -0.1) is 0 Å². The van der Waals surface area contributed by atoms with Crippen molar-refractivity contribution in [3.05, 3.63) is 36.3 Å². The molecule has 2 heterocycles. The van der Waals surface area contributed by atoms with E-state index in [1.807, 2.05) is 0 Å². The predicted octanol–water partition coefficient (Wildman–Crippen LogP) is 1.32. The Morgan fingerprint density at radius 3 is 2.64 bits per heavy atom. The summed E-state index contributed by atoms with van der Waals surface area (Å²) in [6, 6.07) is 2.11. The molecule has 0 saturated carbocycles. The molecule has 14 heavy (non-hydrogen) atoms. The molecule has 0 radical (unpaired) electrons. The van der Waals surface area contributed by atoms with Gasteiger partial charge in [0.25, 0.3) is 0 Å². The Labute approximate surface area is 79.6 Å². The van der Waals surface area contributed by atoms with E-state index < -0.39 is 6.04 Å². The highest BCUT2D eigenvalue weighted by molar-refractivity contribution is 5.91. The fraction of sp³-hybridized carbons (Fsp3) is 0.111. The Kier molecular flexibility index (Phi) is 1.92. The zero-order valence-corrected chi connectivity index (χ0v) is 7.51. The van der Waals surface area contributed by atoms with E-state index in [0.717, 1.165) is 0 Å². The molecular formula is C9H8FN3O. The maximum absolute atomic E-state index is 12.6. The summed E-state index contributed by atoms with van der Waals surface area (Å²) in [6.07, 6.45) is 4.67. The summed E-state index contributed by atoms with van der Waals surface area (Å²) >= 11 is 0. The Balaban J connectivity index is 2.62. The molecule has 0 unspecified atom stereocenters. The molecule has 0 spiro atoms. The van der Waals surface area contributed by atoms with Crippen molar-refractivity contribution in [1.82, 2.24) is 14.3 Å². The first kappa shape index (κ1) is 8.68. The lowest BCUT2D eigenvalue weighted by Crippen LogP contribution is -2.04. The second kappa shape index (κ2) is 3.10. The fourth-order valence-corrected chi connectivity index (χ4v) is 1.35. The van der Waals surface area contributed by atoms with E-state index in [0.29, 0.717) is 5.82 Å². The molecule has 2 aromatic rings. The van der Waals surface area contributed by atoms with Crippen molar-refractivity contribution in [3.63, 3.8) is 0 Å². The van der Waals surface area contributed by atoms with Crippen LogP contribution < -0.4 is 0 Å². The van der Waals surface area contributed by atoms with Crippen LogP contribution in [-0.2, 0) is 7.05 Å². The van der Waals surface area contributed by atoms with Gasteiger partial charge in [-0.05, 0) is 12.1 Å². The topological polar surface area (TPSA) is 39.8 Å². The monoisotopic (exact) mass is 193 g/mol. The van der Waals surface area contributed by atoms with E-state index in [-0.39, 0.29) is 5.56 Å². The van der Waals surface area contributed by atoms with Crippen molar-refractivity contribution in [1.29, 1.82) is 0 Å². The molecule has 0 saturated heterocycles. The summed E-state index contributed by atoms with van der Waals surface area (Å²) in [5.41, 5.74) is -0.0244. The van der Waals surface area contributed by atoms with Gasteiger partial charge in [-0.25, -0.2) is 0 Å². The minimum atomic E-state index is -1.47. The molecule has 0 aromatic carbocycles. The second-order valence-corrected chi connectivity index (χ2v) is 2.87. The van der Waals surface area contributed by atoms with Crippen LogP contribution in [0, 0.1) is 0 Å². The zero-order valence-electron chi connectivity index (χ0n) is 7.51. The van der Waals surface area contributed by atoms with Gasteiger partial charge in [0.15, 0.2) is 0 Å². The van der Waals surface area contributed by atoms with Crippen molar-refractivity contribution in [2.24, 2.45) is 7.05 Å². The third-order valence-corrected chi connectivity index (χ3v) is 1.97. The number of aryl methyl sites for hydroxylation is 1. The maximum Gasteiger partial charge on any atom is 0.337 e. The Morgan fingerprint density at radius 1 is 1.43 bits per heavy atom. The van der Waals surface area contributed by atoms with E-state index >= 15 is 0 Å². The number of nitrogens with zero attached hydrogens (tertiary/aromatic N) is 3. The lowest BCUT2D eigenvalue weighted by Gasteiger charge is -2.03. The first-order valence-electron chi connectivity index (χ1n) is 4.05. The smallest absolute Gasteiger partial charge is 0.308 e. The van der Waals surface area contributed by atoms with Crippen LogP contribution in [0.5, 0.6) is 0 Å². The van der Waals surface area contributed by atoms with E-state index in [1.165, 1.54) is 10.9 Å². The average molecular weight is 193 g/mol. The van der Waals surface area contributed by atoms with Crippen LogP contribution in [0.4, 0.5) is 4.39 Å². The number of rotatable bonds is 2. The van der Waals surface area contributed by atoms with Gasteiger partial charge < -0.3 is 4.57 Å². The van der Waals surface area contributed by atoms with Crippen LogP contribution in [0.2, 0.25) is 0 Å². The highest BCUT2D eigenvalue weighted by Gasteiger charge is 2.16. The van der Waals surface area contributed by atoms with Crippen LogP contribution >= 0.6 is 0 Å². The van der Waals surface area contributed by atoms with Gasteiger partial charge in [0.2, 0.25) is 0 Å². The van der Waals surface area contributed by atoms with Gasteiger partial charge in [0.05, 0.1) is 6.20 Å². The van der Waals surface area contributed by atoms with Crippen LogP contribution in [-0.4, -0.2) is 20.4 Å². The molecule has 2 rings (SSSR count). The molecule has 0 amide bonds. The fourth-order valence-electron chi connectivity index (χ4n) is 1.35. The van der Waals surface area contributed by atoms with Crippen molar-refractivity contribution in [2.45, 2.75) is 0 Å². The summed E-state index contributed by atoms with van der Waals surface area (Å²) in [5, 5.41) is 3.83. The highest BCUT2D eigenvalue weighted by atomic mass is 19.1. The minimum Gasteiger partial charge on any atom is -0.308 e. The maximum atomic E-state index is 12.6. The van der Waals surface area contributed by atoms with Crippen molar-refractivity contribution < 1.29 is 9.18 Å². The number of carbonyl (C=O) groups excluding carboxylic acids is 1. The minimum absolute atomic E-state index is 0.0244. The first-order valence-corrected chi connectivity index (χ1v) is 4.05. The average Bonchev–Trinajstić information content (AvgIpc) is 2.71. The highest BCUT2D eigenvalue weighted by Crippen LogP contribution is 2.14. The summed E-state index contributed by atoms with van der Waals surface area (Å²) in [5.74, 6) is 0.433. The van der Waals surface area contributed by atoms with Gasteiger partial charge in [-0.3, -0.25) is 9.48 Å². The lowest BCUT2D eigenvalue weighted by atomic mass is 10.3. The van der Waals surface area contributed by atoms with Crippen LogP contribution in [0.15, 0.2) is 30.7 Å². The summed E-state index contributed by atoms with van der Waals surface area (Å²) in [6.45, 7) is 0. The summed E-state index contributed by atoms with van der Waals surface area (Å²) in [7, 11) is 1.65. The predicted molar refractivity (Wildman–Crippen MR) is 48.0 cm³/mol. The van der Waals surface area contributed by atoms with E-state index in [9.17, 15) is 9.18 Å². The molecule has 0 bridgehead atoms. The van der Waals surface area contributed by atoms with Gasteiger partial charge in [0.1, 0.15) is 11.4 Å². The van der Waals surface area contributed by atoms with Crippen molar-refractivity contribution in [2.75, 3.05) is 0 Å². The quantitative estimate of drug-likeness (QED) is 0.675. The largest absolute Gasteiger partial charge is 0.337 e.